The van der Waals surface area contributed by atoms with Gasteiger partial charge in [0.05, 0.1) is 18.5 Å². The Hall–Kier alpha value is -1.06. The van der Waals surface area contributed by atoms with E-state index in [-0.39, 0.29) is 22.9 Å². The van der Waals surface area contributed by atoms with Crippen molar-refractivity contribution < 1.29 is 9.47 Å². The van der Waals surface area contributed by atoms with Gasteiger partial charge in [0.25, 0.3) is 0 Å². The van der Waals surface area contributed by atoms with Gasteiger partial charge in [0.15, 0.2) is 11.8 Å². The first-order chi connectivity index (χ1) is 8.66. The zero-order valence-electron chi connectivity index (χ0n) is 13.0. The van der Waals surface area contributed by atoms with Gasteiger partial charge < -0.3 is 9.47 Å². The summed E-state index contributed by atoms with van der Waals surface area (Å²) in [6.45, 7) is 14.5. The van der Waals surface area contributed by atoms with Crippen LogP contribution in [0.3, 0.4) is 0 Å². The number of aliphatic imine (C=N–C) groups is 2. The van der Waals surface area contributed by atoms with Crippen molar-refractivity contribution in [3.63, 3.8) is 0 Å². The standard InChI is InChI=1S/C15H26N2O2/c1-14(2,3)10-8-18-12(16-10)7-13-17-11(9-19-13)15(4,5)6/h10-11H,7-9H2,1-6H3/t10-,11-/m0/s1. The Labute approximate surface area is 116 Å². The van der Waals surface area contributed by atoms with E-state index in [4.69, 9.17) is 9.47 Å². The van der Waals surface area contributed by atoms with E-state index in [9.17, 15) is 0 Å². The van der Waals surface area contributed by atoms with E-state index in [1.54, 1.807) is 0 Å². The lowest BCUT2D eigenvalue weighted by Crippen LogP contribution is -2.25. The van der Waals surface area contributed by atoms with E-state index >= 15 is 0 Å². The molecule has 0 spiro atoms. The summed E-state index contributed by atoms with van der Waals surface area (Å²) in [6.07, 6.45) is 0.596. The fourth-order valence-corrected chi connectivity index (χ4v) is 2.06. The molecule has 0 radical (unpaired) electrons. The molecular weight excluding hydrogens is 240 g/mol. The maximum absolute atomic E-state index is 5.66. The first-order valence-electron chi connectivity index (χ1n) is 7.05. The van der Waals surface area contributed by atoms with Crippen LogP contribution in [0.4, 0.5) is 0 Å². The lowest BCUT2D eigenvalue weighted by Gasteiger charge is -2.21. The Morgan fingerprint density at radius 1 is 0.842 bits per heavy atom. The second-order valence-electron chi connectivity index (χ2n) is 7.61. The van der Waals surface area contributed by atoms with Crippen molar-refractivity contribution in [1.29, 1.82) is 0 Å². The lowest BCUT2D eigenvalue weighted by molar-refractivity contribution is 0.228. The highest BCUT2D eigenvalue weighted by Crippen LogP contribution is 2.29. The molecule has 0 bridgehead atoms. The fourth-order valence-electron chi connectivity index (χ4n) is 2.06. The molecule has 108 valence electrons. The Bertz CT molecular complexity index is 361. The van der Waals surface area contributed by atoms with Gasteiger partial charge >= 0.3 is 0 Å². The molecule has 2 aliphatic heterocycles. The van der Waals surface area contributed by atoms with E-state index in [0.29, 0.717) is 19.6 Å². The molecule has 0 amide bonds. The first kappa shape index (κ1) is 14.4. The normalized spacial score (nSPS) is 27.7. The summed E-state index contributed by atoms with van der Waals surface area (Å²) in [6, 6.07) is 0.478. The molecule has 4 heteroatoms. The molecule has 0 fully saturated rings. The summed E-state index contributed by atoms with van der Waals surface area (Å²) in [7, 11) is 0. The van der Waals surface area contributed by atoms with E-state index in [2.05, 4.69) is 51.5 Å². The third kappa shape index (κ3) is 3.48. The summed E-state index contributed by atoms with van der Waals surface area (Å²) in [5, 5.41) is 0. The second kappa shape index (κ2) is 4.80. The molecule has 0 unspecified atom stereocenters. The average molecular weight is 266 g/mol. The summed E-state index contributed by atoms with van der Waals surface area (Å²) in [4.78, 5) is 9.29. The van der Waals surface area contributed by atoms with Gasteiger partial charge in [-0.05, 0) is 10.8 Å². The Morgan fingerprint density at radius 2 is 1.21 bits per heavy atom. The molecule has 0 saturated heterocycles. The maximum Gasteiger partial charge on any atom is 0.193 e. The van der Waals surface area contributed by atoms with Crippen LogP contribution in [0.15, 0.2) is 9.98 Å². The summed E-state index contributed by atoms with van der Waals surface area (Å²) in [5.74, 6) is 1.54. The number of nitrogens with zero attached hydrogens (tertiary/aromatic N) is 2. The molecule has 19 heavy (non-hydrogen) atoms. The minimum absolute atomic E-state index is 0.147. The van der Waals surface area contributed by atoms with Crippen LogP contribution in [-0.4, -0.2) is 37.1 Å². The van der Waals surface area contributed by atoms with Crippen LogP contribution in [0.5, 0.6) is 0 Å². The van der Waals surface area contributed by atoms with Crippen LogP contribution in [0.1, 0.15) is 48.0 Å². The molecule has 0 saturated carbocycles. The van der Waals surface area contributed by atoms with Gasteiger partial charge in [-0.25, -0.2) is 9.98 Å². The van der Waals surface area contributed by atoms with Crippen molar-refractivity contribution in [2.45, 2.75) is 60.0 Å². The van der Waals surface area contributed by atoms with Gasteiger partial charge in [0, 0.05) is 0 Å². The minimum atomic E-state index is 0.147. The molecule has 2 heterocycles. The Kier molecular flexibility index (Phi) is 3.63. The number of ether oxygens (including phenoxy) is 2. The van der Waals surface area contributed by atoms with Crippen LogP contribution >= 0.6 is 0 Å². The SMILES string of the molecule is CC(C)(C)[C@@H]1COC(CC2=N[C@H](C(C)(C)C)CO2)=N1. The molecule has 2 aliphatic rings. The molecular formula is C15H26N2O2. The molecule has 0 N–H and O–H groups in total. The summed E-state index contributed by atoms with van der Waals surface area (Å²) in [5.41, 5.74) is 0.294. The average Bonchev–Trinajstić information content (AvgIpc) is 2.84. The molecule has 4 nitrogen and oxygen atoms in total. The minimum Gasteiger partial charge on any atom is -0.478 e. The van der Waals surface area contributed by atoms with E-state index in [0.717, 1.165) is 11.8 Å². The van der Waals surface area contributed by atoms with Crippen LogP contribution in [-0.2, 0) is 9.47 Å². The van der Waals surface area contributed by atoms with Crippen molar-refractivity contribution in [3.05, 3.63) is 0 Å². The molecule has 2 rings (SSSR count). The van der Waals surface area contributed by atoms with Crippen LogP contribution in [0.2, 0.25) is 0 Å². The van der Waals surface area contributed by atoms with Gasteiger partial charge in [-0.15, -0.1) is 0 Å². The smallest absolute Gasteiger partial charge is 0.193 e. The predicted octanol–water partition coefficient (Wildman–Crippen LogP) is 3.06. The zero-order chi connectivity index (χ0) is 14.3. The Morgan fingerprint density at radius 3 is 1.47 bits per heavy atom. The van der Waals surface area contributed by atoms with Crippen molar-refractivity contribution in [2.24, 2.45) is 20.8 Å². The first-order valence-corrected chi connectivity index (χ1v) is 7.05. The highest BCUT2D eigenvalue weighted by molar-refractivity contribution is 5.98. The third-order valence-corrected chi connectivity index (χ3v) is 3.72. The number of rotatable bonds is 2. The fraction of sp³-hybridized carbons (Fsp3) is 0.867. The topological polar surface area (TPSA) is 43.2 Å². The molecule has 0 aromatic heterocycles. The predicted molar refractivity (Wildman–Crippen MR) is 77.9 cm³/mol. The van der Waals surface area contributed by atoms with Crippen LogP contribution in [0.25, 0.3) is 0 Å². The highest BCUT2D eigenvalue weighted by atomic mass is 16.5. The van der Waals surface area contributed by atoms with Crippen LogP contribution in [0, 0.1) is 10.8 Å². The zero-order valence-corrected chi connectivity index (χ0v) is 13.0. The molecule has 2 atom stereocenters. The van der Waals surface area contributed by atoms with Crippen molar-refractivity contribution in [3.8, 4) is 0 Å². The quantitative estimate of drug-likeness (QED) is 0.771. The monoisotopic (exact) mass is 266 g/mol. The lowest BCUT2D eigenvalue weighted by atomic mass is 9.88. The van der Waals surface area contributed by atoms with Gasteiger partial charge in [-0.1, -0.05) is 41.5 Å². The maximum atomic E-state index is 5.66. The van der Waals surface area contributed by atoms with Crippen molar-refractivity contribution >= 4 is 11.8 Å². The number of hydrogen-bond donors (Lipinski definition) is 0. The molecule has 0 aromatic rings. The van der Waals surface area contributed by atoms with E-state index < -0.39 is 0 Å². The molecule has 0 aromatic carbocycles. The van der Waals surface area contributed by atoms with Gasteiger partial charge in [-0.2, -0.15) is 0 Å². The summed E-state index contributed by atoms with van der Waals surface area (Å²) >= 11 is 0. The summed E-state index contributed by atoms with van der Waals surface area (Å²) < 4.78 is 11.3. The molecule has 0 aliphatic carbocycles. The second-order valence-corrected chi connectivity index (χ2v) is 7.61. The van der Waals surface area contributed by atoms with Gasteiger partial charge in [0.1, 0.15) is 13.2 Å². The van der Waals surface area contributed by atoms with E-state index in [1.807, 2.05) is 0 Å². The highest BCUT2D eigenvalue weighted by Gasteiger charge is 2.33. The largest absolute Gasteiger partial charge is 0.478 e. The van der Waals surface area contributed by atoms with Gasteiger partial charge in [0.2, 0.25) is 0 Å². The number of hydrogen-bond acceptors (Lipinski definition) is 4. The van der Waals surface area contributed by atoms with Crippen molar-refractivity contribution in [2.75, 3.05) is 13.2 Å². The van der Waals surface area contributed by atoms with Crippen molar-refractivity contribution in [1.82, 2.24) is 0 Å². The van der Waals surface area contributed by atoms with E-state index in [1.165, 1.54) is 0 Å². The van der Waals surface area contributed by atoms with Gasteiger partial charge in [-0.3, -0.25) is 0 Å². The Balaban J connectivity index is 1.97. The third-order valence-electron chi connectivity index (χ3n) is 3.72. The van der Waals surface area contributed by atoms with Crippen LogP contribution < -0.4 is 0 Å².